The smallest absolute Gasteiger partial charge is 0.361 e. The molecule has 0 aliphatic heterocycles. The molecule has 452 valence electrons. The van der Waals surface area contributed by atoms with Crippen LogP contribution in [0.2, 0.25) is 0 Å². The maximum Gasteiger partial charge on any atom is 0.361 e. The van der Waals surface area contributed by atoms with Gasteiger partial charge in [-0.25, -0.2) is 4.79 Å². The van der Waals surface area contributed by atoms with Gasteiger partial charge >= 0.3 is 17.9 Å². The zero-order valence-electron chi connectivity index (χ0n) is 51.5. The van der Waals surface area contributed by atoms with Crippen molar-refractivity contribution in [3.63, 3.8) is 0 Å². The monoisotopic (exact) mass is 1100 g/mol. The first-order valence-electron chi connectivity index (χ1n) is 32.1. The van der Waals surface area contributed by atoms with Gasteiger partial charge in [0.05, 0.1) is 34.4 Å². The van der Waals surface area contributed by atoms with E-state index in [0.717, 1.165) is 89.9 Å². The summed E-state index contributed by atoms with van der Waals surface area (Å²) in [4.78, 5) is 37.5. The number of carbonyl (C=O) groups excluding carboxylic acids is 2. The Morgan fingerprint density at radius 3 is 1.08 bits per heavy atom. The summed E-state index contributed by atoms with van der Waals surface area (Å²) in [6, 6.07) is 0. The first kappa shape index (κ1) is 75.0. The number of nitrogens with zero attached hydrogens (tertiary/aromatic N) is 1. The van der Waals surface area contributed by atoms with Crippen LogP contribution in [-0.2, 0) is 33.3 Å². The molecule has 0 amide bonds. The summed E-state index contributed by atoms with van der Waals surface area (Å²) in [7, 11) is 5.97. The van der Waals surface area contributed by atoms with Gasteiger partial charge in [-0.05, 0) is 103 Å². The maximum atomic E-state index is 12.9. The molecule has 9 nitrogen and oxygen atoms in total. The molecule has 2 atom stereocenters. The van der Waals surface area contributed by atoms with Gasteiger partial charge < -0.3 is 28.5 Å². The summed E-state index contributed by atoms with van der Waals surface area (Å²) >= 11 is 0. The molecule has 0 radical (unpaired) electrons. The van der Waals surface area contributed by atoms with Gasteiger partial charge in [-0.3, -0.25) is 9.59 Å². The number of carboxylic acid groups (broad SMARTS) is 1. The number of ether oxygens (including phenoxy) is 4. The Balaban J connectivity index is 4.16. The SMILES string of the molecule is CC/C=C\C/C=C\C/C=C\C/C=C\C/C=C\C/C=C\C/C=C\CCCCCCCCCCCCCCCC(=O)OC(COC(=O)CCCCCCCCCCC/C=C\C/C=C\CCCCC)COC(OCC[N+](C)(C)C)C(=O)O. The van der Waals surface area contributed by atoms with Crippen LogP contribution < -0.4 is 0 Å². The zero-order chi connectivity index (χ0) is 57.6. The van der Waals surface area contributed by atoms with Gasteiger partial charge in [0.1, 0.15) is 13.2 Å². The number of carbonyl (C=O) groups is 3. The van der Waals surface area contributed by atoms with Crippen molar-refractivity contribution in [2.75, 3.05) is 47.5 Å². The molecule has 2 unspecified atom stereocenters. The molecule has 0 rings (SSSR count). The molecule has 0 fully saturated rings. The maximum absolute atomic E-state index is 12.9. The lowest BCUT2D eigenvalue weighted by Gasteiger charge is -2.25. The molecule has 0 aromatic heterocycles. The van der Waals surface area contributed by atoms with Gasteiger partial charge in [-0.2, -0.15) is 0 Å². The quantitative estimate of drug-likeness (QED) is 0.0211. The third kappa shape index (κ3) is 61.4. The van der Waals surface area contributed by atoms with Crippen LogP contribution in [0.1, 0.15) is 258 Å². The van der Waals surface area contributed by atoms with Gasteiger partial charge in [-0.15, -0.1) is 0 Å². The molecule has 9 heteroatoms. The number of allylic oxidation sites excluding steroid dienone is 18. The molecule has 0 saturated carbocycles. The molecule has 79 heavy (non-hydrogen) atoms. The summed E-state index contributed by atoms with van der Waals surface area (Å²) < 4.78 is 22.9. The zero-order valence-corrected chi connectivity index (χ0v) is 51.5. The molecule has 0 saturated heterocycles. The van der Waals surface area contributed by atoms with Crippen molar-refractivity contribution in [3.8, 4) is 0 Å². The summed E-state index contributed by atoms with van der Waals surface area (Å²) in [5.74, 6) is -2.01. The lowest BCUT2D eigenvalue weighted by molar-refractivity contribution is -0.870. The van der Waals surface area contributed by atoms with Gasteiger partial charge in [0.25, 0.3) is 6.29 Å². The van der Waals surface area contributed by atoms with Gasteiger partial charge in [-0.1, -0.05) is 252 Å². The predicted octanol–water partition coefficient (Wildman–Crippen LogP) is 19.5. The highest BCUT2D eigenvalue weighted by Gasteiger charge is 2.25. The standard InChI is InChI=1S/C70H119NO8/c1-6-8-10-12-14-16-18-20-22-24-26-27-28-29-30-31-32-33-34-35-36-37-38-39-40-41-43-45-47-49-51-53-55-57-59-61-68(73)79-66(65-78-70(69(74)75)76-63-62-71(3,4)5)64-77-67(72)60-58-56-54-52-50-48-46-44-42-25-23-21-19-17-15-13-11-9-7-2/h8,10,14-17,20-23,26-27,29-30,32-33,35-36,66,70H,6-7,9,11-13,18-19,24-25,28,31,34,37-65H2,1-5H3/p+1/b10-8-,16-14-,17-15-,22-20-,23-21-,27-26-,30-29-,33-32-,36-35-. The number of carboxylic acids is 1. The fourth-order valence-electron chi connectivity index (χ4n) is 8.61. The van der Waals surface area contributed by atoms with E-state index >= 15 is 0 Å². The van der Waals surface area contributed by atoms with E-state index in [2.05, 4.69) is 123 Å². The number of esters is 2. The van der Waals surface area contributed by atoms with Crippen molar-refractivity contribution in [2.24, 2.45) is 0 Å². The number of quaternary nitrogens is 1. The minimum absolute atomic E-state index is 0.183. The van der Waals surface area contributed by atoms with Crippen LogP contribution >= 0.6 is 0 Å². The van der Waals surface area contributed by atoms with E-state index in [-0.39, 0.29) is 32.2 Å². The van der Waals surface area contributed by atoms with E-state index in [1.807, 2.05) is 21.1 Å². The highest BCUT2D eigenvalue weighted by Crippen LogP contribution is 2.16. The topological polar surface area (TPSA) is 108 Å². The first-order chi connectivity index (χ1) is 38.6. The van der Waals surface area contributed by atoms with Gasteiger partial charge in [0, 0.05) is 12.8 Å². The Hall–Kier alpha value is -4.05. The Bertz CT molecular complexity index is 1660. The van der Waals surface area contributed by atoms with Crippen LogP contribution in [0.3, 0.4) is 0 Å². The molecule has 0 aromatic carbocycles. The second kappa shape index (κ2) is 60.1. The molecule has 0 bridgehead atoms. The summed E-state index contributed by atoms with van der Waals surface area (Å²) in [5, 5.41) is 9.72. The van der Waals surface area contributed by atoms with Crippen LogP contribution in [0.25, 0.3) is 0 Å². The Labute approximate surface area is 485 Å². The van der Waals surface area contributed by atoms with E-state index in [1.54, 1.807) is 0 Å². The van der Waals surface area contributed by atoms with Crippen LogP contribution in [0, 0.1) is 0 Å². The van der Waals surface area contributed by atoms with Crippen LogP contribution in [-0.4, -0.2) is 87.4 Å². The second-order valence-corrected chi connectivity index (χ2v) is 22.3. The molecule has 0 aliphatic rings. The average Bonchev–Trinajstić information content (AvgIpc) is 3.42. The molecule has 0 aliphatic carbocycles. The summed E-state index contributed by atoms with van der Waals surface area (Å²) in [6.07, 6.45) is 80.3. The number of unbranched alkanes of at least 4 members (excludes halogenated alkanes) is 25. The van der Waals surface area contributed by atoms with E-state index in [4.69, 9.17) is 18.9 Å². The highest BCUT2D eigenvalue weighted by atomic mass is 16.7. The van der Waals surface area contributed by atoms with Crippen LogP contribution in [0.15, 0.2) is 109 Å². The number of hydrogen-bond acceptors (Lipinski definition) is 7. The van der Waals surface area contributed by atoms with Crippen LogP contribution in [0.5, 0.6) is 0 Å². The summed E-state index contributed by atoms with van der Waals surface area (Å²) in [6.45, 7) is 4.74. The number of likely N-dealkylation sites (N-methyl/N-ethyl adjacent to an activating group) is 1. The minimum Gasteiger partial charge on any atom is -0.477 e. The predicted molar refractivity (Wildman–Crippen MR) is 336 cm³/mol. The van der Waals surface area contributed by atoms with Crippen molar-refractivity contribution in [3.05, 3.63) is 109 Å². The second-order valence-electron chi connectivity index (χ2n) is 22.3. The fraction of sp³-hybridized carbons (Fsp3) is 0.700. The minimum atomic E-state index is -1.52. The molecule has 0 heterocycles. The lowest BCUT2D eigenvalue weighted by Crippen LogP contribution is -2.40. The number of hydrogen-bond donors (Lipinski definition) is 1. The van der Waals surface area contributed by atoms with Gasteiger partial charge in [0.2, 0.25) is 0 Å². The molecule has 1 N–H and O–H groups in total. The Morgan fingerprint density at radius 2 is 0.722 bits per heavy atom. The highest BCUT2D eigenvalue weighted by molar-refractivity contribution is 5.71. The van der Waals surface area contributed by atoms with E-state index in [0.29, 0.717) is 23.9 Å². The molecular formula is C70H120NO8+. The first-order valence-corrected chi connectivity index (χ1v) is 32.1. The Kier molecular flexibility index (Phi) is 57.0. The number of rotatable bonds is 58. The largest absolute Gasteiger partial charge is 0.477 e. The van der Waals surface area contributed by atoms with E-state index < -0.39 is 24.3 Å². The van der Waals surface area contributed by atoms with Crippen LogP contribution in [0.4, 0.5) is 0 Å². The lowest BCUT2D eigenvalue weighted by atomic mass is 10.0. The van der Waals surface area contributed by atoms with Crippen molar-refractivity contribution in [1.82, 2.24) is 0 Å². The third-order valence-electron chi connectivity index (χ3n) is 13.5. The summed E-state index contributed by atoms with van der Waals surface area (Å²) in [5.41, 5.74) is 0. The fourth-order valence-corrected chi connectivity index (χ4v) is 8.61. The normalized spacial score (nSPS) is 13.5. The van der Waals surface area contributed by atoms with Crippen molar-refractivity contribution in [1.29, 1.82) is 0 Å². The number of aliphatic carboxylic acids is 1. The van der Waals surface area contributed by atoms with E-state index in [9.17, 15) is 19.5 Å². The van der Waals surface area contributed by atoms with Crippen molar-refractivity contribution >= 4 is 17.9 Å². The molecule has 0 aromatic rings. The van der Waals surface area contributed by atoms with Crippen molar-refractivity contribution < 1.29 is 42.9 Å². The van der Waals surface area contributed by atoms with Crippen molar-refractivity contribution in [2.45, 2.75) is 270 Å². The molecular weight excluding hydrogens is 983 g/mol. The average molecular weight is 1100 g/mol. The van der Waals surface area contributed by atoms with E-state index in [1.165, 1.54) is 135 Å². The third-order valence-corrected chi connectivity index (χ3v) is 13.5. The van der Waals surface area contributed by atoms with Gasteiger partial charge in [0.15, 0.2) is 6.10 Å². The molecule has 0 spiro atoms. The Morgan fingerprint density at radius 1 is 0.392 bits per heavy atom.